The molecule has 2 fully saturated rings. The smallest absolute Gasteiger partial charge is 0.410 e. The van der Waals surface area contributed by atoms with Gasteiger partial charge in [-0.25, -0.2) is 23.2 Å². The van der Waals surface area contributed by atoms with E-state index in [-0.39, 0.29) is 17.4 Å². The number of unbranched alkanes of at least 4 members (excludes halogenated alkanes) is 1. The van der Waals surface area contributed by atoms with Crippen molar-refractivity contribution in [3.05, 3.63) is 42.2 Å². The van der Waals surface area contributed by atoms with Gasteiger partial charge in [0, 0.05) is 44.0 Å². The Morgan fingerprint density at radius 1 is 1.12 bits per heavy atom. The number of anilines is 1. The van der Waals surface area contributed by atoms with Gasteiger partial charge in [-0.2, -0.15) is 4.31 Å². The Hall–Kier alpha value is -3.18. The number of benzene rings is 1. The van der Waals surface area contributed by atoms with Gasteiger partial charge in [-0.3, -0.25) is 0 Å². The summed E-state index contributed by atoms with van der Waals surface area (Å²) in [4.78, 5) is 23.7. The van der Waals surface area contributed by atoms with E-state index in [2.05, 4.69) is 16.5 Å². The summed E-state index contributed by atoms with van der Waals surface area (Å²) in [6, 6.07) is 7.80. The third-order valence-corrected chi connectivity index (χ3v) is 10.4. The van der Waals surface area contributed by atoms with Crippen LogP contribution in [0, 0.1) is 0 Å². The molecule has 1 aromatic carbocycles. The number of carbonyl (C=O) groups excluding carboxylic acids is 1. The van der Waals surface area contributed by atoms with Gasteiger partial charge in [0.25, 0.3) is 0 Å². The minimum atomic E-state index is -3.41. The predicted molar refractivity (Wildman–Crippen MR) is 167 cm³/mol. The van der Waals surface area contributed by atoms with E-state index in [1.807, 2.05) is 57.2 Å². The molecule has 42 heavy (non-hydrogen) atoms. The Labute approximate surface area is 249 Å². The number of nitrogens with two attached hydrogens (primary N) is 1. The van der Waals surface area contributed by atoms with Gasteiger partial charge >= 0.3 is 6.09 Å². The maximum absolute atomic E-state index is 13.5. The highest BCUT2D eigenvalue weighted by Gasteiger charge is 2.43. The van der Waals surface area contributed by atoms with Crippen LogP contribution in [-0.2, 0) is 27.7 Å². The number of imidazole rings is 1. The Morgan fingerprint density at radius 3 is 2.50 bits per heavy atom. The second kappa shape index (κ2) is 12.2. The van der Waals surface area contributed by atoms with Crippen molar-refractivity contribution in [1.82, 2.24) is 23.7 Å². The van der Waals surface area contributed by atoms with Crippen molar-refractivity contribution >= 4 is 43.9 Å². The van der Waals surface area contributed by atoms with Crippen LogP contribution < -0.4 is 5.73 Å². The minimum absolute atomic E-state index is 0.150. The third-order valence-electron chi connectivity index (χ3n) is 7.98. The minimum Gasteiger partial charge on any atom is -0.444 e. The largest absolute Gasteiger partial charge is 0.444 e. The Morgan fingerprint density at radius 2 is 1.83 bits per heavy atom. The Bertz CT molecular complexity index is 1560. The number of ether oxygens (including phenoxy) is 1. The summed E-state index contributed by atoms with van der Waals surface area (Å²) < 4.78 is 36.4. The SMILES string of the molecule is CCCCc1nc2c(N)nc3ccccc3c2n1C/C=C/CN(C1CCN(C(=O)OC(C)(C)C)CC1)S(=O)(=O)C1CC1. The van der Waals surface area contributed by atoms with Crippen molar-refractivity contribution in [2.45, 2.75) is 96.1 Å². The van der Waals surface area contributed by atoms with Crippen LogP contribution in [-0.4, -0.2) is 74.8 Å². The Balaban J connectivity index is 1.35. The molecule has 5 rings (SSSR count). The highest BCUT2D eigenvalue weighted by molar-refractivity contribution is 7.90. The average molecular weight is 597 g/mol. The van der Waals surface area contributed by atoms with Crippen LogP contribution in [0.15, 0.2) is 36.4 Å². The molecule has 1 saturated carbocycles. The van der Waals surface area contributed by atoms with Crippen LogP contribution in [0.1, 0.15) is 72.0 Å². The lowest BCUT2D eigenvalue weighted by molar-refractivity contribution is 0.0180. The first-order chi connectivity index (χ1) is 20.0. The van der Waals surface area contributed by atoms with Crippen molar-refractivity contribution in [2.75, 3.05) is 25.4 Å². The molecule has 0 unspecified atom stereocenters. The summed E-state index contributed by atoms with van der Waals surface area (Å²) in [6.45, 7) is 9.51. The lowest BCUT2D eigenvalue weighted by Crippen LogP contribution is -2.50. The van der Waals surface area contributed by atoms with Crippen LogP contribution in [0.3, 0.4) is 0 Å². The van der Waals surface area contributed by atoms with Crippen molar-refractivity contribution in [1.29, 1.82) is 0 Å². The zero-order chi connectivity index (χ0) is 30.1. The molecule has 3 heterocycles. The third kappa shape index (κ3) is 6.57. The van der Waals surface area contributed by atoms with E-state index in [0.717, 1.165) is 41.5 Å². The fourth-order valence-electron chi connectivity index (χ4n) is 5.67. The number of nitrogen functional groups attached to an aromatic ring is 1. The lowest BCUT2D eigenvalue weighted by Gasteiger charge is -2.38. The summed E-state index contributed by atoms with van der Waals surface area (Å²) in [5.41, 5.74) is 8.28. The molecule has 2 aliphatic rings. The number of rotatable bonds is 10. The molecule has 1 aliphatic carbocycles. The van der Waals surface area contributed by atoms with Gasteiger partial charge in [0.1, 0.15) is 16.9 Å². The second-order valence-corrected chi connectivity index (χ2v) is 14.6. The number of hydrogen-bond acceptors (Lipinski definition) is 7. The first kappa shape index (κ1) is 30.3. The van der Waals surface area contributed by atoms with E-state index in [9.17, 15) is 13.2 Å². The number of piperidine rings is 1. The monoisotopic (exact) mass is 596 g/mol. The zero-order valence-corrected chi connectivity index (χ0v) is 26.1. The van der Waals surface area contributed by atoms with E-state index in [4.69, 9.17) is 15.5 Å². The number of amides is 1. The fraction of sp³-hybridized carbons (Fsp3) is 0.581. The van der Waals surface area contributed by atoms with Gasteiger partial charge in [-0.15, -0.1) is 0 Å². The highest BCUT2D eigenvalue weighted by atomic mass is 32.2. The van der Waals surface area contributed by atoms with Crippen LogP contribution in [0.2, 0.25) is 0 Å². The molecular formula is C31H44N6O4S. The van der Waals surface area contributed by atoms with E-state index < -0.39 is 15.6 Å². The van der Waals surface area contributed by atoms with Crippen molar-refractivity contribution in [2.24, 2.45) is 0 Å². The van der Waals surface area contributed by atoms with Gasteiger partial charge in [0.2, 0.25) is 10.0 Å². The number of allylic oxidation sites excluding steroid dienone is 1. The van der Waals surface area contributed by atoms with Crippen molar-refractivity contribution in [3.8, 4) is 0 Å². The van der Waals surface area contributed by atoms with E-state index in [0.29, 0.717) is 63.2 Å². The molecule has 228 valence electrons. The van der Waals surface area contributed by atoms with E-state index >= 15 is 0 Å². The number of para-hydroxylation sites is 1. The highest BCUT2D eigenvalue weighted by Crippen LogP contribution is 2.34. The molecular weight excluding hydrogens is 552 g/mol. The number of aryl methyl sites for hydroxylation is 1. The number of nitrogens with zero attached hydrogens (tertiary/aromatic N) is 5. The maximum Gasteiger partial charge on any atom is 0.410 e. The summed E-state index contributed by atoms with van der Waals surface area (Å²) in [7, 11) is -3.41. The van der Waals surface area contributed by atoms with Gasteiger partial charge in [0.15, 0.2) is 5.82 Å². The van der Waals surface area contributed by atoms with Crippen LogP contribution >= 0.6 is 0 Å². The van der Waals surface area contributed by atoms with Crippen LogP contribution in [0.25, 0.3) is 21.9 Å². The van der Waals surface area contributed by atoms with Crippen molar-refractivity contribution < 1.29 is 17.9 Å². The molecule has 0 bridgehead atoms. The first-order valence-electron chi connectivity index (χ1n) is 15.2. The van der Waals surface area contributed by atoms with Gasteiger partial charge in [0.05, 0.1) is 16.3 Å². The predicted octanol–water partition coefficient (Wildman–Crippen LogP) is 5.26. The molecule has 11 heteroatoms. The molecule has 0 spiro atoms. The van der Waals surface area contributed by atoms with E-state index in [1.165, 1.54) is 0 Å². The molecule has 3 aromatic rings. The summed E-state index contributed by atoms with van der Waals surface area (Å²) in [6.07, 6.45) is 9.14. The van der Waals surface area contributed by atoms with Crippen molar-refractivity contribution in [3.63, 3.8) is 0 Å². The van der Waals surface area contributed by atoms with Gasteiger partial charge < -0.3 is 19.9 Å². The molecule has 2 aromatic heterocycles. The molecule has 0 radical (unpaired) electrons. The standard InChI is InChI=1S/C31H44N6O4S/c1-5-6-13-26-34-27-28(24-11-7-8-12-25(24)33-29(27)32)36(26)18-9-10-19-37(42(39,40)23-14-15-23)22-16-20-35(21-17-22)30(38)41-31(2,3)4/h7-12,22-23H,5-6,13-21H2,1-4H3,(H2,32,33)/b10-9+. The molecule has 0 atom stereocenters. The fourth-order valence-corrected chi connectivity index (χ4v) is 7.70. The number of sulfonamides is 1. The lowest BCUT2D eigenvalue weighted by atomic mass is 10.1. The number of hydrogen-bond donors (Lipinski definition) is 1. The van der Waals surface area contributed by atoms with Gasteiger partial charge in [-0.1, -0.05) is 43.7 Å². The molecule has 1 aliphatic heterocycles. The summed E-state index contributed by atoms with van der Waals surface area (Å²) >= 11 is 0. The number of pyridine rings is 1. The Kier molecular flexibility index (Phi) is 8.80. The number of fused-ring (bicyclic) bond motifs is 3. The molecule has 2 N–H and O–H groups in total. The van der Waals surface area contributed by atoms with Crippen LogP contribution in [0.5, 0.6) is 0 Å². The molecule has 1 saturated heterocycles. The quantitative estimate of drug-likeness (QED) is 0.317. The molecule has 10 nitrogen and oxygen atoms in total. The normalized spacial score (nSPS) is 17.2. The zero-order valence-electron chi connectivity index (χ0n) is 25.3. The van der Waals surface area contributed by atoms with E-state index in [1.54, 1.807) is 9.21 Å². The van der Waals surface area contributed by atoms with Gasteiger partial charge in [-0.05, 0) is 58.9 Å². The van der Waals surface area contributed by atoms with Crippen LogP contribution in [0.4, 0.5) is 10.6 Å². The first-order valence-corrected chi connectivity index (χ1v) is 16.7. The molecule has 1 amide bonds. The topological polar surface area (TPSA) is 124 Å². The number of likely N-dealkylation sites (tertiary alicyclic amines) is 1. The number of carbonyl (C=O) groups is 1. The maximum atomic E-state index is 13.5. The second-order valence-electron chi connectivity index (χ2n) is 12.4. The number of aromatic nitrogens is 3. The summed E-state index contributed by atoms with van der Waals surface area (Å²) in [5.74, 6) is 1.38. The average Bonchev–Trinajstić information content (AvgIpc) is 3.74. The summed E-state index contributed by atoms with van der Waals surface area (Å²) in [5, 5.41) is 0.704.